The average Bonchev–Trinajstić information content (AvgIpc) is 3.15. The third-order valence-corrected chi connectivity index (χ3v) is 4.26. The monoisotopic (exact) mass is 304 g/mol. The summed E-state index contributed by atoms with van der Waals surface area (Å²) < 4.78 is 5.22. The summed E-state index contributed by atoms with van der Waals surface area (Å²) in [7, 11) is 0. The predicted octanol–water partition coefficient (Wildman–Crippen LogP) is 2.69. The van der Waals surface area contributed by atoms with Crippen LogP contribution in [0.15, 0.2) is 29.6 Å². The molecule has 108 valence electrons. The first-order valence-electron chi connectivity index (χ1n) is 6.42. The van der Waals surface area contributed by atoms with Crippen molar-refractivity contribution in [1.82, 2.24) is 4.98 Å². The van der Waals surface area contributed by atoms with Gasteiger partial charge in [0.1, 0.15) is 16.7 Å². The lowest BCUT2D eigenvalue weighted by molar-refractivity contribution is -0.497. The highest BCUT2D eigenvalue weighted by molar-refractivity contribution is 7.13. The Kier molecular flexibility index (Phi) is 3.42. The molecule has 0 aliphatic heterocycles. The number of benzene rings is 1. The van der Waals surface area contributed by atoms with Gasteiger partial charge in [-0.15, -0.1) is 11.3 Å². The first-order valence-corrected chi connectivity index (χ1v) is 7.30. The molecule has 0 spiro atoms. The second-order valence-electron chi connectivity index (χ2n) is 4.94. The third-order valence-electron chi connectivity index (χ3n) is 3.25. The molecule has 0 saturated heterocycles. The minimum Gasteiger partial charge on any atom is -0.426 e. The summed E-state index contributed by atoms with van der Waals surface area (Å²) in [6, 6.07) is 6.24. The number of aromatic nitrogens is 1. The molecule has 0 N–H and O–H groups in total. The minimum absolute atomic E-state index is 0.261. The molecule has 1 aliphatic carbocycles. The Morgan fingerprint density at radius 2 is 2.33 bits per heavy atom. The molecular formula is C14H12N2O4S. The van der Waals surface area contributed by atoms with Crippen molar-refractivity contribution in [2.75, 3.05) is 0 Å². The van der Waals surface area contributed by atoms with Crippen LogP contribution in [0.2, 0.25) is 0 Å². The zero-order chi connectivity index (χ0) is 15.0. The molecule has 1 fully saturated rings. The second-order valence-corrected chi connectivity index (χ2v) is 5.80. The topological polar surface area (TPSA) is 82.3 Å². The highest BCUT2D eigenvalue weighted by Crippen LogP contribution is 2.35. The molecule has 6 nitrogen and oxygen atoms in total. The molecule has 0 amide bonds. The Labute approximate surface area is 124 Å². The fourth-order valence-electron chi connectivity index (χ4n) is 2.04. The van der Waals surface area contributed by atoms with Crippen LogP contribution < -0.4 is 4.74 Å². The maximum Gasteiger partial charge on any atom is 0.321 e. The van der Waals surface area contributed by atoms with E-state index in [1.807, 2.05) is 18.4 Å². The molecule has 2 atom stereocenters. The number of ether oxygens (including phenoxy) is 1. The van der Waals surface area contributed by atoms with Crippen molar-refractivity contribution in [1.29, 1.82) is 0 Å². The van der Waals surface area contributed by atoms with E-state index in [0.717, 1.165) is 16.3 Å². The Morgan fingerprint density at radius 3 is 2.95 bits per heavy atom. The Hall–Kier alpha value is -2.28. The van der Waals surface area contributed by atoms with Gasteiger partial charge in [0.25, 0.3) is 0 Å². The fraction of sp³-hybridized carbons (Fsp3) is 0.286. The quantitative estimate of drug-likeness (QED) is 0.375. The van der Waals surface area contributed by atoms with E-state index in [1.165, 1.54) is 11.3 Å². The number of hydrogen-bond donors (Lipinski definition) is 0. The van der Waals surface area contributed by atoms with Crippen molar-refractivity contribution < 1.29 is 14.5 Å². The molecule has 7 heteroatoms. The van der Waals surface area contributed by atoms with Gasteiger partial charge < -0.3 is 4.74 Å². The molecular weight excluding hydrogens is 292 g/mol. The Morgan fingerprint density at radius 1 is 1.52 bits per heavy atom. The van der Waals surface area contributed by atoms with Crippen LogP contribution in [0.25, 0.3) is 10.6 Å². The first kappa shape index (κ1) is 13.7. The van der Waals surface area contributed by atoms with E-state index >= 15 is 0 Å². The van der Waals surface area contributed by atoms with Crippen LogP contribution in [-0.4, -0.2) is 21.9 Å². The zero-order valence-corrected chi connectivity index (χ0v) is 12.0. The summed E-state index contributed by atoms with van der Waals surface area (Å²) in [6.07, 6.45) is 0.261. The summed E-state index contributed by atoms with van der Waals surface area (Å²) >= 11 is 1.51. The normalized spacial score (nSPS) is 20.0. The number of hydrogen-bond acceptors (Lipinski definition) is 6. The van der Waals surface area contributed by atoms with Gasteiger partial charge >= 0.3 is 5.97 Å². The van der Waals surface area contributed by atoms with E-state index in [0.29, 0.717) is 5.75 Å². The van der Waals surface area contributed by atoms with Gasteiger partial charge in [0.2, 0.25) is 6.04 Å². The van der Waals surface area contributed by atoms with E-state index in [2.05, 4.69) is 4.98 Å². The fourth-order valence-corrected chi connectivity index (χ4v) is 2.83. The van der Waals surface area contributed by atoms with Crippen molar-refractivity contribution in [2.24, 2.45) is 5.92 Å². The van der Waals surface area contributed by atoms with Gasteiger partial charge in [-0.2, -0.15) is 0 Å². The molecule has 1 heterocycles. The van der Waals surface area contributed by atoms with Crippen LogP contribution in [-0.2, 0) is 4.79 Å². The van der Waals surface area contributed by atoms with E-state index < -0.39 is 22.9 Å². The molecule has 1 saturated carbocycles. The highest BCUT2D eigenvalue weighted by atomic mass is 32.1. The Bertz CT molecular complexity index is 713. The molecule has 3 rings (SSSR count). The largest absolute Gasteiger partial charge is 0.426 e. The average molecular weight is 304 g/mol. The maximum absolute atomic E-state index is 11.8. The van der Waals surface area contributed by atoms with Crippen LogP contribution in [0.4, 0.5) is 0 Å². The summed E-state index contributed by atoms with van der Waals surface area (Å²) in [5, 5.41) is 13.4. The van der Waals surface area contributed by atoms with E-state index in [-0.39, 0.29) is 6.42 Å². The molecule has 1 aliphatic rings. The lowest BCUT2D eigenvalue weighted by Gasteiger charge is -2.04. The minimum atomic E-state index is -0.790. The molecule has 21 heavy (non-hydrogen) atoms. The van der Waals surface area contributed by atoms with E-state index in [4.69, 9.17) is 4.74 Å². The van der Waals surface area contributed by atoms with Crippen molar-refractivity contribution in [3.05, 3.63) is 45.5 Å². The molecule has 0 radical (unpaired) electrons. The number of carbonyl (C=O) groups is 1. The number of rotatable bonds is 4. The second kappa shape index (κ2) is 5.25. The lowest BCUT2D eigenvalue weighted by Crippen LogP contribution is -2.16. The van der Waals surface area contributed by atoms with Gasteiger partial charge in [-0.05, 0) is 19.1 Å². The third kappa shape index (κ3) is 2.92. The molecule has 2 unspecified atom stereocenters. The number of nitrogens with zero attached hydrogens (tertiary/aromatic N) is 2. The molecule has 0 bridgehead atoms. The van der Waals surface area contributed by atoms with Crippen LogP contribution in [0.3, 0.4) is 0 Å². The maximum atomic E-state index is 11.8. The molecule has 1 aromatic carbocycles. The number of esters is 1. The van der Waals surface area contributed by atoms with E-state index in [9.17, 15) is 14.9 Å². The molecule has 2 aromatic rings. The SMILES string of the molecule is Cc1csc(-c2cccc(OC(=O)C3CC3[N+](=O)[O-])c2)n1. The summed E-state index contributed by atoms with van der Waals surface area (Å²) in [5.41, 5.74) is 1.80. The van der Waals surface area contributed by atoms with Gasteiger partial charge in [-0.3, -0.25) is 14.9 Å². The summed E-state index contributed by atoms with van der Waals surface area (Å²) in [5.74, 6) is -0.769. The number of thiazole rings is 1. The van der Waals surface area contributed by atoms with Gasteiger partial charge in [0.05, 0.1) is 0 Å². The van der Waals surface area contributed by atoms with E-state index in [1.54, 1.807) is 18.2 Å². The Balaban J connectivity index is 1.72. The predicted molar refractivity (Wildman–Crippen MR) is 76.8 cm³/mol. The highest BCUT2D eigenvalue weighted by Gasteiger charge is 2.54. The van der Waals surface area contributed by atoms with Crippen molar-refractivity contribution >= 4 is 17.3 Å². The van der Waals surface area contributed by atoms with Crippen molar-refractivity contribution in [3.63, 3.8) is 0 Å². The van der Waals surface area contributed by atoms with Gasteiger partial charge in [0, 0.05) is 28.0 Å². The first-order chi connectivity index (χ1) is 10.0. The summed E-state index contributed by atoms with van der Waals surface area (Å²) in [4.78, 5) is 26.3. The van der Waals surface area contributed by atoms with Crippen LogP contribution >= 0.6 is 11.3 Å². The van der Waals surface area contributed by atoms with Crippen molar-refractivity contribution in [3.8, 4) is 16.3 Å². The number of nitro groups is 1. The van der Waals surface area contributed by atoms with Gasteiger partial charge in [-0.25, -0.2) is 4.98 Å². The van der Waals surface area contributed by atoms with Gasteiger partial charge in [-0.1, -0.05) is 12.1 Å². The number of carbonyl (C=O) groups excluding carboxylic acids is 1. The van der Waals surface area contributed by atoms with Crippen LogP contribution in [0.1, 0.15) is 12.1 Å². The van der Waals surface area contributed by atoms with Crippen LogP contribution in [0.5, 0.6) is 5.75 Å². The van der Waals surface area contributed by atoms with Crippen LogP contribution in [0, 0.1) is 23.0 Å². The smallest absolute Gasteiger partial charge is 0.321 e. The number of aryl methyl sites for hydroxylation is 1. The van der Waals surface area contributed by atoms with Crippen molar-refractivity contribution in [2.45, 2.75) is 19.4 Å². The zero-order valence-electron chi connectivity index (χ0n) is 11.2. The van der Waals surface area contributed by atoms with Gasteiger partial charge in [0.15, 0.2) is 0 Å². The lowest BCUT2D eigenvalue weighted by atomic mass is 10.2. The summed E-state index contributed by atoms with van der Waals surface area (Å²) in [6.45, 7) is 1.91. The standard InChI is InChI=1S/C14H12N2O4S/c1-8-7-21-13(15-8)9-3-2-4-10(5-9)20-14(17)11-6-12(11)16(18)19/h2-5,7,11-12H,6H2,1H3. The molecule has 1 aromatic heterocycles.